The molecule has 0 atom stereocenters. The Morgan fingerprint density at radius 1 is 1.50 bits per heavy atom. The summed E-state index contributed by atoms with van der Waals surface area (Å²) < 4.78 is 0. The molecule has 1 aromatic carbocycles. The molecule has 0 radical (unpaired) electrons. The van der Waals surface area contributed by atoms with Gasteiger partial charge in [0, 0.05) is 41.7 Å². The molecule has 0 unspecified atom stereocenters. The summed E-state index contributed by atoms with van der Waals surface area (Å²) in [7, 11) is 1.88. The van der Waals surface area contributed by atoms with E-state index in [0.717, 1.165) is 21.7 Å². The maximum Gasteiger partial charge on any atom is 0.0349 e. The molecule has 0 aliphatic heterocycles. The second-order valence-electron chi connectivity index (χ2n) is 4.26. The Kier molecular flexibility index (Phi) is 4.28. The summed E-state index contributed by atoms with van der Waals surface area (Å²) in [6.07, 6.45) is 5.72. The molecule has 1 aliphatic carbocycles. The SMILES string of the molecule is CNc1ccc(/C(C=N)=C/NC2CC2)c(SN)c1. The minimum atomic E-state index is 0.588. The monoisotopic (exact) mass is 262 g/mol. The van der Waals surface area contributed by atoms with E-state index in [9.17, 15) is 0 Å². The molecule has 0 aromatic heterocycles. The third kappa shape index (κ3) is 3.05. The fraction of sp³-hybridized carbons (Fsp3) is 0.308. The Labute approximate surface area is 112 Å². The van der Waals surface area contributed by atoms with Gasteiger partial charge in [0.2, 0.25) is 0 Å². The van der Waals surface area contributed by atoms with Gasteiger partial charge >= 0.3 is 0 Å². The normalized spacial score (nSPS) is 15.3. The Morgan fingerprint density at radius 2 is 2.28 bits per heavy atom. The maximum absolute atomic E-state index is 7.53. The van der Waals surface area contributed by atoms with Crippen LogP contribution in [0.2, 0.25) is 0 Å². The number of benzene rings is 1. The van der Waals surface area contributed by atoms with Gasteiger partial charge in [-0.15, -0.1) is 0 Å². The number of allylic oxidation sites excluding steroid dienone is 1. The van der Waals surface area contributed by atoms with E-state index in [1.807, 2.05) is 31.4 Å². The molecule has 0 bridgehead atoms. The van der Waals surface area contributed by atoms with E-state index in [2.05, 4.69) is 10.6 Å². The highest BCUT2D eigenvalue weighted by Crippen LogP contribution is 2.28. The van der Waals surface area contributed by atoms with Crippen LogP contribution >= 0.6 is 11.9 Å². The van der Waals surface area contributed by atoms with Crippen molar-refractivity contribution in [2.45, 2.75) is 23.8 Å². The first kappa shape index (κ1) is 13.0. The second kappa shape index (κ2) is 5.93. The molecule has 1 saturated carbocycles. The van der Waals surface area contributed by atoms with Gasteiger partial charge in [-0.2, -0.15) is 0 Å². The molecule has 4 nitrogen and oxygen atoms in total. The second-order valence-corrected chi connectivity index (χ2v) is 4.94. The van der Waals surface area contributed by atoms with Crippen molar-refractivity contribution in [3.63, 3.8) is 0 Å². The van der Waals surface area contributed by atoms with E-state index in [-0.39, 0.29) is 0 Å². The lowest BCUT2D eigenvalue weighted by Crippen LogP contribution is -2.08. The van der Waals surface area contributed by atoms with Gasteiger partial charge in [0.1, 0.15) is 0 Å². The van der Waals surface area contributed by atoms with Crippen LogP contribution in [0.1, 0.15) is 18.4 Å². The largest absolute Gasteiger partial charge is 0.388 e. The lowest BCUT2D eigenvalue weighted by molar-refractivity contribution is 0.865. The first-order valence-electron chi connectivity index (χ1n) is 5.94. The van der Waals surface area contributed by atoms with Crippen molar-refractivity contribution < 1.29 is 0 Å². The molecule has 0 amide bonds. The third-order valence-electron chi connectivity index (χ3n) is 2.92. The Morgan fingerprint density at radius 3 is 2.83 bits per heavy atom. The zero-order chi connectivity index (χ0) is 13.0. The first-order valence-corrected chi connectivity index (χ1v) is 6.82. The summed E-state index contributed by atoms with van der Waals surface area (Å²) in [5.74, 6) is 0. The molecule has 5 N–H and O–H groups in total. The summed E-state index contributed by atoms with van der Waals surface area (Å²) in [6.45, 7) is 0. The van der Waals surface area contributed by atoms with Gasteiger partial charge < -0.3 is 16.0 Å². The van der Waals surface area contributed by atoms with Crippen LogP contribution in [0, 0.1) is 5.41 Å². The van der Waals surface area contributed by atoms with Gasteiger partial charge in [-0.3, -0.25) is 5.14 Å². The lowest BCUT2D eigenvalue weighted by atomic mass is 10.1. The van der Waals surface area contributed by atoms with Crippen molar-refractivity contribution in [2.75, 3.05) is 12.4 Å². The summed E-state index contributed by atoms with van der Waals surface area (Å²) in [4.78, 5) is 0.967. The van der Waals surface area contributed by atoms with Gasteiger partial charge in [0.25, 0.3) is 0 Å². The van der Waals surface area contributed by atoms with Crippen molar-refractivity contribution in [3.05, 3.63) is 30.0 Å². The van der Waals surface area contributed by atoms with Crippen LogP contribution in [0.5, 0.6) is 0 Å². The van der Waals surface area contributed by atoms with Gasteiger partial charge in [-0.1, -0.05) is 6.07 Å². The molecule has 2 rings (SSSR count). The molecule has 1 aromatic rings. The topological polar surface area (TPSA) is 73.9 Å². The lowest BCUT2D eigenvalue weighted by Gasteiger charge is -2.10. The maximum atomic E-state index is 7.53. The Balaban J connectivity index is 2.28. The number of nitrogens with one attached hydrogen (secondary N) is 3. The molecule has 0 saturated heterocycles. The molecular formula is C13H18N4S. The van der Waals surface area contributed by atoms with Crippen LogP contribution in [-0.2, 0) is 0 Å². The highest BCUT2D eigenvalue weighted by Gasteiger charge is 2.19. The average molecular weight is 262 g/mol. The van der Waals surface area contributed by atoms with E-state index in [0.29, 0.717) is 6.04 Å². The Bertz CT molecular complexity index is 466. The zero-order valence-corrected chi connectivity index (χ0v) is 11.2. The van der Waals surface area contributed by atoms with E-state index in [4.69, 9.17) is 10.5 Å². The summed E-state index contributed by atoms with van der Waals surface area (Å²) >= 11 is 1.21. The van der Waals surface area contributed by atoms with Crippen molar-refractivity contribution in [1.82, 2.24) is 5.32 Å². The van der Waals surface area contributed by atoms with Crippen molar-refractivity contribution >= 4 is 29.4 Å². The minimum Gasteiger partial charge on any atom is -0.388 e. The number of rotatable bonds is 6. The molecule has 18 heavy (non-hydrogen) atoms. The summed E-state index contributed by atoms with van der Waals surface area (Å²) in [5, 5.41) is 19.6. The van der Waals surface area contributed by atoms with Crippen LogP contribution < -0.4 is 15.8 Å². The fourth-order valence-electron chi connectivity index (χ4n) is 1.67. The van der Waals surface area contributed by atoms with E-state index >= 15 is 0 Å². The van der Waals surface area contributed by atoms with Crippen LogP contribution in [-0.4, -0.2) is 19.3 Å². The molecule has 0 spiro atoms. The van der Waals surface area contributed by atoms with Gasteiger partial charge in [0.05, 0.1) is 0 Å². The van der Waals surface area contributed by atoms with Crippen LogP contribution in [0.15, 0.2) is 29.3 Å². The molecule has 5 heteroatoms. The number of anilines is 1. The van der Waals surface area contributed by atoms with Crippen molar-refractivity contribution in [3.8, 4) is 0 Å². The predicted octanol–water partition coefficient (Wildman–Crippen LogP) is 2.44. The smallest absolute Gasteiger partial charge is 0.0349 e. The predicted molar refractivity (Wildman–Crippen MR) is 79.0 cm³/mol. The highest BCUT2D eigenvalue weighted by molar-refractivity contribution is 7.97. The molecule has 1 aliphatic rings. The van der Waals surface area contributed by atoms with Gasteiger partial charge in [0.15, 0.2) is 0 Å². The van der Waals surface area contributed by atoms with Crippen LogP contribution in [0.25, 0.3) is 5.57 Å². The third-order valence-corrected chi connectivity index (χ3v) is 3.51. The number of nitrogens with two attached hydrogens (primary N) is 1. The van der Waals surface area contributed by atoms with E-state index < -0.39 is 0 Å². The van der Waals surface area contributed by atoms with Crippen LogP contribution in [0.4, 0.5) is 5.69 Å². The zero-order valence-electron chi connectivity index (χ0n) is 10.4. The highest BCUT2D eigenvalue weighted by atomic mass is 32.2. The minimum absolute atomic E-state index is 0.588. The summed E-state index contributed by atoms with van der Waals surface area (Å²) in [6, 6.07) is 6.57. The molecular weight excluding hydrogens is 244 g/mol. The van der Waals surface area contributed by atoms with E-state index in [1.165, 1.54) is 31.0 Å². The average Bonchev–Trinajstić information content (AvgIpc) is 3.23. The van der Waals surface area contributed by atoms with Crippen LogP contribution in [0.3, 0.4) is 0 Å². The number of hydrogen-bond acceptors (Lipinski definition) is 5. The van der Waals surface area contributed by atoms with Crippen molar-refractivity contribution in [1.29, 1.82) is 5.41 Å². The molecule has 1 fully saturated rings. The standard InChI is InChI=1S/C13H18N4S/c1-16-11-4-5-12(13(6-11)18-15)9(7-14)8-17-10-2-3-10/h4-8,10,14,16-17H,2-3,15H2,1H3/b9-8+,14-7?. The molecule has 0 heterocycles. The van der Waals surface area contributed by atoms with Gasteiger partial charge in [-0.25, -0.2) is 0 Å². The fourth-order valence-corrected chi connectivity index (χ4v) is 2.18. The van der Waals surface area contributed by atoms with Gasteiger partial charge in [-0.05, 0) is 42.5 Å². The quantitative estimate of drug-likeness (QED) is 0.469. The number of hydrogen-bond donors (Lipinski definition) is 4. The van der Waals surface area contributed by atoms with E-state index in [1.54, 1.807) is 0 Å². The first-order chi connectivity index (χ1) is 8.78. The molecule has 96 valence electrons. The Hall–Kier alpha value is -1.46. The van der Waals surface area contributed by atoms with Crippen molar-refractivity contribution in [2.24, 2.45) is 5.14 Å². The summed E-state index contributed by atoms with van der Waals surface area (Å²) in [5.41, 5.74) is 2.87.